The van der Waals surface area contributed by atoms with Crippen LogP contribution in [0.4, 0.5) is 0 Å². The third-order valence-corrected chi connectivity index (χ3v) is 6.41. The predicted molar refractivity (Wildman–Crippen MR) is 97.9 cm³/mol. The molecule has 0 saturated heterocycles. The quantitative estimate of drug-likeness (QED) is 0.828. The number of hydrogen-bond donors (Lipinski definition) is 2. The lowest BCUT2D eigenvalue weighted by atomic mass is 9.54. The molecule has 2 atom stereocenters. The number of rotatable bonds is 6. The summed E-state index contributed by atoms with van der Waals surface area (Å²) >= 11 is 1.59. The first-order valence-corrected chi connectivity index (χ1v) is 9.31. The summed E-state index contributed by atoms with van der Waals surface area (Å²) < 4.78 is 6.75. The number of ether oxygens (including phenoxy) is 1. The van der Waals surface area contributed by atoms with Crippen molar-refractivity contribution >= 4 is 33.3 Å². The first kappa shape index (κ1) is 17.9. The first-order valence-electron chi connectivity index (χ1n) is 8.43. The second-order valence-corrected chi connectivity index (χ2v) is 7.97. The molecule has 3 rings (SSSR count). The molecule has 1 heterocycles. The normalized spacial score (nSPS) is 24.7. The molecule has 0 aliphatic heterocycles. The Morgan fingerprint density at radius 1 is 1.36 bits per heavy atom. The predicted octanol–water partition coefficient (Wildman–Crippen LogP) is 3.22. The fourth-order valence-corrected chi connectivity index (χ4v) is 4.62. The van der Waals surface area contributed by atoms with E-state index in [9.17, 15) is 14.7 Å². The molecule has 1 saturated carbocycles. The molecule has 1 fully saturated rings. The van der Waals surface area contributed by atoms with E-state index in [2.05, 4.69) is 5.32 Å². The highest BCUT2D eigenvalue weighted by Gasteiger charge is 2.66. The van der Waals surface area contributed by atoms with Gasteiger partial charge in [-0.15, -0.1) is 11.3 Å². The third kappa shape index (κ3) is 2.83. The van der Waals surface area contributed by atoms with E-state index in [1.54, 1.807) is 11.3 Å². The van der Waals surface area contributed by atoms with Crippen LogP contribution in [0.5, 0.6) is 0 Å². The molecule has 2 unspecified atom stereocenters. The minimum atomic E-state index is -1.28. The Balaban J connectivity index is 1.78. The minimum absolute atomic E-state index is 0.170. The topological polar surface area (TPSA) is 75.6 Å². The molecule has 5 nitrogen and oxygen atoms in total. The summed E-state index contributed by atoms with van der Waals surface area (Å²) in [4.78, 5) is 24.6. The van der Waals surface area contributed by atoms with Crippen molar-refractivity contribution in [2.24, 2.45) is 5.41 Å². The van der Waals surface area contributed by atoms with Gasteiger partial charge in [-0.2, -0.15) is 0 Å². The second-order valence-electron chi connectivity index (χ2n) is 7.06. The van der Waals surface area contributed by atoms with Crippen LogP contribution >= 0.6 is 11.3 Å². The van der Waals surface area contributed by atoms with Gasteiger partial charge in [0.25, 0.3) is 0 Å². The zero-order valence-corrected chi connectivity index (χ0v) is 15.5. The van der Waals surface area contributed by atoms with Crippen LogP contribution in [0.15, 0.2) is 29.6 Å². The summed E-state index contributed by atoms with van der Waals surface area (Å²) in [5, 5.41) is 15.6. The number of fused-ring (bicyclic) bond motifs is 1. The van der Waals surface area contributed by atoms with Gasteiger partial charge in [0.05, 0.1) is 12.5 Å². The Bertz CT molecular complexity index is 813. The van der Waals surface area contributed by atoms with E-state index in [0.29, 0.717) is 13.0 Å². The van der Waals surface area contributed by atoms with E-state index in [1.165, 1.54) is 0 Å². The average molecular weight is 361 g/mol. The van der Waals surface area contributed by atoms with Crippen molar-refractivity contribution < 1.29 is 19.4 Å². The standard InChI is InChI=1S/C19H23NO4S/c1-4-24-15-10-19(17(22)23,18(15,2)3)20-16(21)9-12-11-25-14-8-6-5-7-13(12)14/h5-8,11,15H,4,9-10H2,1-3H3,(H,20,21)(H,22,23). The molecular weight excluding hydrogens is 338 g/mol. The zero-order chi connectivity index (χ0) is 18.2. The maximum absolute atomic E-state index is 12.6. The summed E-state index contributed by atoms with van der Waals surface area (Å²) in [6, 6.07) is 7.91. The van der Waals surface area contributed by atoms with E-state index in [-0.39, 0.29) is 18.4 Å². The van der Waals surface area contributed by atoms with Crippen LogP contribution < -0.4 is 5.32 Å². The van der Waals surface area contributed by atoms with Crippen LogP contribution in [0.25, 0.3) is 10.1 Å². The lowest BCUT2D eigenvalue weighted by Gasteiger charge is -2.58. The highest BCUT2D eigenvalue weighted by atomic mass is 32.1. The Morgan fingerprint density at radius 2 is 2.08 bits per heavy atom. The van der Waals surface area contributed by atoms with Crippen LogP contribution in [0, 0.1) is 5.41 Å². The number of carbonyl (C=O) groups is 2. The molecule has 1 aromatic carbocycles. The lowest BCUT2D eigenvalue weighted by molar-refractivity contribution is -0.194. The Kier molecular flexibility index (Phi) is 4.60. The van der Waals surface area contributed by atoms with Crippen molar-refractivity contribution in [3.8, 4) is 0 Å². The van der Waals surface area contributed by atoms with E-state index < -0.39 is 16.9 Å². The molecule has 1 amide bonds. The smallest absolute Gasteiger partial charge is 0.330 e. The third-order valence-electron chi connectivity index (χ3n) is 5.39. The van der Waals surface area contributed by atoms with Crippen LogP contribution in [-0.4, -0.2) is 35.2 Å². The monoisotopic (exact) mass is 361 g/mol. The summed E-state index contributed by atoms with van der Waals surface area (Å²) in [6.45, 7) is 6.09. The van der Waals surface area contributed by atoms with Crippen molar-refractivity contribution in [2.45, 2.75) is 45.3 Å². The van der Waals surface area contributed by atoms with Gasteiger partial charge < -0.3 is 15.2 Å². The number of carboxylic acids is 1. The van der Waals surface area contributed by atoms with Gasteiger partial charge in [-0.25, -0.2) is 4.79 Å². The first-order chi connectivity index (χ1) is 11.8. The fourth-order valence-electron chi connectivity index (χ4n) is 3.66. The number of amides is 1. The number of carbonyl (C=O) groups excluding carboxylic acids is 1. The zero-order valence-electron chi connectivity index (χ0n) is 14.7. The Morgan fingerprint density at radius 3 is 2.72 bits per heavy atom. The average Bonchev–Trinajstić information content (AvgIpc) is 2.96. The van der Waals surface area contributed by atoms with E-state index in [0.717, 1.165) is 15.6 Å². The second kappa shape index (κ2) is 6.42. The highest BCUT2D eigenvalue weighted by Crippen LogP contribution is 2.51. The highest BCUT2D eigenvalue weighted by molar-refractivity contribution is 7.17. The summed E-state index contributed by atoms with van der Waals surface area (Å²) in [6.07, 6.45) is 0.296. The molecule has 0 spiro atoms. The molecule has 25 heavy (non-hydrogen) atoms. The maximum atomic E-state index is 12.6. The maximum Gasteiger partial charge on any atom is 0.330 e. The molecule has 0 bridgehead atoms. The molecule has 2 aromatic rings. The van der Waals surface area contributed by atoms with Crippen LogP contribution in [0.1, 0.15) is 32.8 Å². The van der Waals surface area contributed by atoms with Gasteiger partial charge in [0.2, 0.25) is 5.91 Å². The summed E-state index contributed by atoms with van der Waals surface area (Å²) in [5.41, 5.74) is -1.02. The van der Waals surface area contributed by atoms with Gasteiger partial charge in [0, 0.05) is 23.1 Å². The van der Waals surface area contributed by atoms with Crippen molar-refractivity contribution in [1.82, 2.24) is 5.32 Å². The molecular formula is C19H23NO4S. The van der Waals surface area contributed by atoms with Crippen LogP contribution in [0.2, 0.25) is 0 Å². The van der Waals surface area contributed by atoms with E-state index >= 15 is 0 Å². The molecule has 1 aromatic heterocycles. The van der Waals surface area contributed by atoms with Gasteiger partial charge >= 0.3 is 5.97 Å². The van der Waals surface area contributed by atoms with Crippen LogP contribution in [-0.2, 0) is 20.7 Å². The Labute approximate surface area is 151 Å². The molecule has 6 heteroatoms. The SMILES string of the molecule is CCOC1CC(NC(=O)Cc2csc3ccccc23)(C(=O)O)C1(C)C. The van der Waals surface area contributed by atoms with Gasteiger partial charge in [-0.3, -0.25) is 4.79 Å². The van der Waals surface area contributed by atoms with Crippen LogP contribution in [0.3, 0.4) is 0 Å². The number of nitrogens with one attached hydrogen (secondary N) is 1. The van der Waals surface area contributed by atoms with Crippen molar-refractivity contribution in [1.29, 1.82) is 0 Å². The number of hydrogen-bond acceptors (Lipinski definition) is 4. The largest absolute Gasteiger partial charge is 0.479 e. The van der Waals surface area contributed by atoms with Gasteiger partial charge in [-0.1, -0.05) is 32.0 Å². The molecule has 1 aliphatic rings. The van der Waals surface area contributed by atoms with E-state index in [4.69, 9.17) is 4.74 Å². The van der Waals surface area contributed by atoms with Crippen molar-refractivity contribution in [2.75, 3.05) is 6.61 Å². The molecule has 2 N–H and O–H groups in total. The molecule has 0 radical (unpaired) electrons. The number of carboxylic acid groups (broad SMARTS) is 1. The lowest BCUT2D eigenvalue weighted by Crippen LogP contribution is -2.76. The summed E-state index contributed by atoms with van der Waals surface area (Å²) in [5.74, 6) is -1.27. The number of aliphatic carboxylic acids is 1. The van der Waals surface area contributed by atoms with Gasteiger partial charge in [-0.05, 0) is 29.3 Å². The van der Waals surface area contributed by atoms with Gasteiger partial charge in [0.1, 0.15) is 5.54 Å². The number of benzene rings is 1. The minimum Gasteiger partial charge on any atom is -0.479 e. The fraction of sp³-hybridized carbons (Fsp3) is 0.474. The van der Waals surface area contributed by atoms with Crippen molar-refractivity contribution in [3.05, 3.63) is 35.2 Å². The Hall–Kier alpha value is -1.92. The van der Waals surface area contributed by atoms with Gasteiger partial charge in [0.15, 0.2) is 0 Å². The van der Waals surface area contributed by atoms with E-state index in [1.807, 2.05) is 50.4 Å². The molecule has 134 valence electrons. The number of thiophene rings is 1. The molecule has 1 aliphatic carbocycles. The summed E-state index contributed by atoms with van der Waals surface area (Å²) in [7, 11) is 0. The van der Waals surface area contributed by atoms with Crippen molar-refractivity contribution in [3.63, 3.8) is 0 Å².